The Hall–Kier alpha value is -0.150. The zero-order valence-corrected chi connectivity index (χ0v) is 16.4. The zero-order valence-electron chi connectivity index (χ0n) is 12.5. The summed E-state index contributed by atoms with van der Waals surface area (Å²) < 4.78 is 32.4. The molecule has 0 radical (unpaired) electrons. The van der Waals surface area contributed by atoms with E-state index in [0.717, 1.165) is 26.5 Å². The maximum Gasteiger partial charge on any atom is 0.209 e. The number of rotatable bonds is 7. The molecule has 0 atom stereocenters. The number of hydrogen-bond acceptors (Lipinski definition) is 4. The van der Waals surface area contributed by atoms with Crippen LogP contribution in [0.1, 0.15) is 19.4 Å². The first-order chi connectivity index (χ1) is 9.54. The number of nitrogens with one attached hydrogen (secondary N) is 2. The molecule has 0 saturated heterocycles. The van der Waals surface area contributed by atoms with Crippen LogP contribution >= 0.6 is 31.9 Å². The van der Waals surface area contributed by atoms with Gasteiger partial charge in [-0.1, -0.05) is 15.9 Å². The molecule has 0 unspecified atom stereocenters. The lowest BCUT2D eigenvalue weighted by Crippen LogP contribution is -2.49. The second kappa shape index (κ2) is 7.41. The highest BCUT2D eigenvalue weighted by atomic mass is 79.9. The summed E-state index contributed by atoms with van der Waals surface area (Å²) in [5, 5.41) is 3.25. The minimum absolute atomic E-state index is 0.493. The first kappa shape index (κ1) is 18.9. The molecule has 0 aliphatic rings. The van der Waals surface area contributed by atoms with E-state index in [1.54, 1.807) is 7.11 Å². The quantitative estimate of drug-likeness (QED) is 0.679. The van der Waals surface area contributed by atoms with E-state index < -0.39 is 15.6 Å². The van der Waals surface area contributed by atoms with E-state index in [9.17, 15) is 8.42 Å². The molecule has 21 heavy (non-hydrogen) atoms. The van der Waals surface area contributed by atoms with Crippen molar-refractivity contribution < 1.29 is 13.2 Å². The minimum Gasteiger partial charge on any atom is -0.495 e. The molecule has 0 amide bonds. The van der Waals surface area contributed by atoms with Crippen LogP contribution in [0.2, 0.25) is 0 Å². The average molecular weight is 444 g/mol. The van der Waals surface area contributed by atoms with Crippen LogP contribution in [0.4, 0.5) is 0 Å². The van der Waals surface area contributed by atoms with E-state index in [2.05, 4.69) is 41.9 Å². The molecule has 0 saturated carbocycles. The average Bonchev–Trinajstić information content (AvgIpc) is 2.24. The normalized spacial score (nSPS) is 12.5. The van der Waals surface area contributed by atoms with Crippen molar-refractivity contribution in [2.24, 2.45) is 0 Å². The Kier molecular flexibility index (Phi) is 6.67. The molecule has 0 bridgehead atoms. The fourth-order valence-electron chi connectivity index (χ4n) is 2.02. The Morgan fingerprint density at radius 2 is 1.90 bits per heavy atom. The first-order valence-corrected chi connectivity index (χ1v) is 9.73. The molecule has 1 aromatic carbocycles. The fraction of sp³-hybridized carbons (Fsp3) is 0.538. The van der Waals surface area contributed by atoms with E-state index in [0.29, 0.717) is 13.1 Å². The molecule has 120 valence electrons. The van der Waals surface area contributed by atoms with Crippen molar-refractivity contribution in [3.05, 3.63) is 26.6 Å². The maximum absolute atomic E-state index is 11.3. The van der Waals surface area contributed by atoms with E-state index >= 15 is 0 Å². The molecule has 0 spiro atoms. The van der Waals surface area contributed by atoms with E-state index in [1.807, 2.05) is 26.0 Å². The Balaban J connectivity index is 2.72. The van der Waals surface area contributed by atoms with E-state index in [1.165, 1.54) is 0 Å². The van der Waals surface area contributed by atoms with E-state index in [4.69, 9.17) is 4.74 Å². The van der Waals surface area contributed by atoms with Crippen molar-refractivity contribution in [1.29, 1.82) is 0 Å². The van der Waals surface area contributed by atoms with Gasteiger partial charge in [0.1, 0.15) is 5.75 Å². The SMILES string of the molecule is COc1c(Br)cc(Br)cc1CNCC(C)(C)NS(C)(=O)=O. The number of methoxy groups -OCH3 is 1. The van der Waals surface area contributed by atoms with Crippen LogP contribution in [-0.4, -0.2) is 33.9 Å². The maximum atomic E-state index is 11.3. The predicted molar refractivity (Wildman–Crippen MR) is 92.2 cm³/mol. The Morgan fingerprint density at radius 3 is 2.43 bits per heavy atom. The van der Waals surface area contributed by atoms with Crippen LogP contribution in [0.5, 0.6) is 5.75 Å². The summed E-state index contributed by atoms with van der Waals surface area (Å²) in [6, 6.07) is 3.88. The van der Waals surface area contributed by atoms with Gasteiger partial charge in [-0.3, -0.25) is 0 Å². The van der Waals surface area contributed by atoms with Gasteiger partial charge in [-0.2, -0.15) is 0 Å². The number of halogens is 2. The second-order valence-electron chi connectivity index (χ2n) is 5.44. The van der Waals surface area contributed by atoms with Crippen LogP contribution < -0.4 is 14.8 Å². The zero-order chi connectivity index (χ0) is 16.3. The van der Waals surface area contributed by atoms with Crippen LogP contribution in [0.3, 0.4) is 0 Å². The standard InChI is InChI=1S/C13H20Br2N2O3S/c1-13(2,17-21(4,18)19)8-16-7-9-5-10(14)6-11(15)12(9)20-3/h5-6,16-17H,7-8H2,1-4H3. The highest BCUT2D eigenvalue weighted by Gasteiger charge is 2.21. The highest BCUT2D eigenvalue weighted by molar-refractivity contribution is 9.11. The number of benzene rings is 1. The molecule has 0 fully saturated rings. The molecule has 5 nitrogen and oxygen atoms in total. The molecular weight excluding hydrogens is 424 g/mol. The van der Waals surface area contributed by atoms with Crippen LogP contribution in [0, 0.1) is 0 Å². The summed E-state index contributed by atoms with van der Waals surface area (Å²) in [4.78, 5) is 0. The highest BCUT2D eigenvalue weighted by Crippen LogP contribution is 2.32. The Bertz CT molecular complexity index is 604. The summed E-state index contributed by atoms with van der Waals surface area (Å²) in [5.41, 5.74) is 0.415. The molecule has 0 aliphatic carbocycles. The second-order valence-corrected chi connectivity index (χ2v) is 8.96. The van der Waals surface area contributed by atoms with Crippen molar-refractivity contribution in [3.8, 4) is 5.75 Å². The summed E-state index contributed by atoms with van der Waals surface area (Å²) >= 11 is 6.90. The molecule has 1 rings (SSSR count). The summed E-state index contributed by atoms with van der Waals surface area (Å²) in [6.07, 6.45) is 1.16. The van der Waals surface area contributed by atoms with Crippen molar-refractivity contribution in [1.82, 2.24) is 10.0 Å². The van der Waals surface area contributed by atoms with Gasteiger partial charge in [0, 0.05) is 28.7 Å². The lowest BCUT2D eigenvalue weighted by atomic mass is 10.1. The van der Waals surface area contributed by atoms with Crippen LogP contribution in [-0.2, 0) is 16.6 Å². The number of hydrogen-bond donors (Lipinski definition) is 2. The lowest BCUT2D eigenvalue weighted by molar-refractivity contribution is 0.396. The van der Waals surface area contributed by atoms with Gasteiger partial charge < -0.3 is 10.1 Å². The third-order valence-corrected chi connectivity index (χ3v) is 4.60. The van der Waals surface area contributed by atoms with Gasteiger partial charge in [0.15, 0.2) is 0 Å². The summed E-state index contributed by atoms with van der Waals surface area (Å²) in [7, 11) is -1.62. The fourth-order valence-corrected chi connectivity index (χ4v) is 4.57. The van der Waals surface area contributed by atoms with Crippen molar-refractivity contribution in [3.63, 3.8) is 0 Å². The van der Waals surface area contributed by atoms with Gasteiger partial charge in [-0.15, -0.1) is 0 Å². The molecule has 0 aliphatic heterocycles. The smallest absolute Gasteiger partial charge is 0.209 e. The monoisotopic (exact) mass is 442 g/mol. The Labute approximate surface area is 143 Å². The topological polar surface area (TPSA) is 67.4 Å². The third kappa shape index (κ3) is 6.65. The predicted octanol–water partition coefficient (Wildman–Crippen LogP) is 2.64. The summed E-state index contributed by atoms with van der Waals surface area (Å²) in [5.74, 6) is 0.763. The van der Waals surface area contributed by atoms with Crippen molar-refractivity contribution in [2.45, 2.75) is 25.9 Å². The third-order valence-electron chi connectivity index (χ3n) is 2.63. The van der Waals surface area contributed by atoms with Gasteiger partial charge in [0.05, 0.1) is 17.8 Å². The largest absolute Gasteiger partial charge is 0.495 e. The molecule has 8 heteroatoms. The molecular formula is C13H20Br2N2O3S. The Morgan fingerprint density at radius 1 is 1.29 bits per heavy atom. The van der Waals surface area contributed by atoms with Crippen LogP contribution in [0.15, 0.2) is 21.1 Å². The molecule has 1 aromatic rings. The van der Waals surface area contributed by atoms with Crippen molar-refractivity contribution in [2.75, 3.05) is 19.9 Å². The number of sulfonamides is 1. The van der Waals surface area contributed by atoms with E-state index in [-0.39, 0.29) is 0 Å². The van der Waals surface area contributed by atoms with Gasteiger partial charge in [-0.25, -0.2) is 13.1 Å². The number of ether oxygens (including phenoxy) is 1. The molecule has 2 N–H and O–H groups in total. The van der Waals surface area contributed by atoms with Gasteiger partial charge >= 0.3 is 0 Å². The molecule has 0 aromatic heterocycles. The van der Waals surface area contributed by atoms with Crippen LogP contribution in [0.25, 0.3) is 0 Å². The first-order valence-electron chi connectivity index (χ1n) is 6.25. The van der Waals surface area contributed by atoms with Gasteiger partial charge in [0.25, 0.3) is 0 Å². The molecule has 0 heterocycles. The minimum atomic E-state index is -3.23. The van der Waals surface area contributed by atoms with Crippen molar-refractivity contribution >= 4 is 41.9 Å². The lowest BCUT2D eigenvalue weighted by Gasteiger charge is -2.25. The van der Waals surface area contributed by atoms with Gasteiger partial charge in [-0.05, 0) is 41.9 Å². The summed E-state index contributed by atoms with van der Waals surface area (Å²) in [6.45, 7) is 4.72. The van der Waals surface area contributed by atoms with Gasteiger partial charge in [0.2, 0.25) is 10.0 Å².